The van der Waals surface area contributed by atoms with E-state index in [9.17, 15) is 0 Å². The minimum absolute atomic E-state index is 0.186. The summed E-state index contributed by atoms with van der Waals surface area (Å²) in [6.07, 6.45) is 5.50. The highest BCUT2D eigenvalue weighted by Crippen LogP contribution is 2.30. The van der Waals surface area contributed by atoms with Crippen molar-refractivity contribution in [3.05, 3.63) is 29.3 Å². The first-order valence-electron chi connectivity index (χ1n) is 6.81. The normalized spacial score (nSPS) is 18.4. The van der Waals surface area contributed by atoms with E-state index in [1.54, 1.807) is 7.11 Å². The monoisotopic (exact) mass is 249 g/mol. The van der Waals surface area contributed by atoms with Crippen LogP contribution in [0.2, 0.25) is 0 Å². The molecule has 2 N–H and O–H groups in total. The van der Waals surface area contributed by atoms with Gasteiger partial charge < -0.3 is 15.2 Å². The van der Waals surface area contributed by atoms with Gasteiger partial charge in [0.05, 0.1) is 6.61 Å². The summed E-state index contributed by atoms with van der Waals surface area (Å²) in [6, 6.07) is 6.53. The smallest absolute Gasteiger partial charge is 0.119 e. The maximum atomic E-state index is 6.14. The lowest BCUT2D eigenvalue weighted by Crippen LogP contribution is -2.17. The molecule has 1 atom stereocenters. The van der Waals surface area contributed by atoms with E-state index in [2.05, 4.69) is 18.2 Å². The molecule has 0 aliphatic heterocycles. The van der Waals surface area contributed by atoms with Crippen molar-refractivity contribution in [1.82, 2.24) is 0 Å². The minimum Gasteiger partial charge on any atom is -0.494 e. The predicted molar refractivity (Wildman–Crippen MR) is 72.9 cm³/mol. The summed E-state index contributed by atoms with van der Waals surface area (Å²) in [5.41, 5.74) is 8.80. The van der Waals surface area contributed by atoms with Crippen LogP contribution >= 0.6 is 0 Å². The van der Waals surface area contributed by atoms with Crippen LogP contribution in [0.5, 0.6) is 5.75 Å². The Balaban J connectivity index is 1.88. The molecular weight excluding hydrogens is 226 g/mol. The highest BCUT2D eigenvalue weighted by molar-refractivity contribution is 5.39. The largest absolute Gasteiger partial charge is 0.494 e. The third kappa shape index (κ3) is 3.47. The van der Waals surface area contributed by atoms with Gasteiger partial charge in [-0.1, -0.05) is 6.07 Å². The molecule has 100 valence electrons. The molecular formula is C15H23NO2. The van der Waals surface area contributed by atoms with Crippen molar-refractivity contribution in [3.63, 3.8) is 0 Å². The van der Waals surface area contributed by atoms with Crippen molar-refractivity contribution in [2.24, 2.45) is 5.73 Å². The number of aryl methyl sites for hydroxylation is 1. The average Bonchev–Trinajstić information content (AvgIpc) is 2.39. The van der Waals surface area contributed by atoms with E-state index in [-0.39, 0.29) is 6.04 Å². The van der Waals surface area contributed by atoms with E-state index in [0.29, 0.717) is 0 Å². The number of nitrogens with two attached hydrogens (primary N) is 1. The van der Waals surface area contributed by atoms with Crippen molar-refractivity contribution < 1.29 is 9.47 Å². The van der Waals surface area contributed by atoms with Gasteiger partial charge in [0.1, 0.15) is 5.75 Å². The SMILES string of the molecule is COCCCCOc1ccc2c(c1)[C@@H](N)CCC2. The first-order valence-corrected chi connectivity index (χ1v) is 6.81. The fraction of sp³-hybridized carbons (Fsp3) is 0.600. The first kappa shape index (κ1) is 13.4. The summed E-state index contributed by atoms with van der Waals surface area (Å²) in [5.74, 6) is 0.948. The summed E-state index contributed by atoms with van der Waals surface area (Å²) in [7, 11) is 1.73. The molecule has 18 heavy (non-hydrogen) atoms. The second-order valence-electron chi connectivity index (χ2n) is 4.91. The van der Waals surface area contributed by atoms with E-state index < -0.39 is 0 Å². The fourth-order valence-electron chi connectivity index (χ4n) is 2.44. The predicted octanol–water partition coefficient (Wildman–Crippen LogP) is 2.83. The van der Waals surface area contributed by atoms with Gasteiger partial charge in [0.2, 0.25) is 0 Å². The molecule has 0 saturated carbocycles. The lowest BCUT2D eigenvalue weighted by molar-refractivity contribution is 0.184. The molecule has 2 rings (SSSR count). The first-order chi connectivity index (χ1) is 8.81. The molecule has 3 heteroatoms. The van der Waals surface area contributed by atoms with Crippen LogP contribution in [-0.4, -0.2) is 20.3 Å². The molecule has 0 bridgehead atoms. The Labute approximate surface area is 109 Å². The van der Waals surface area contributed by atoms with E-state index in [4.69, 9.17) is 15.2 Å². The van der Waals surface area contributed by atoms with Gasteiger partial charge in [0, 0.05) is 19.8 Å². The number of fused-ring (bicyclic) bond motifs is 1. The van der Waals surface area contributed by atoms with Crippen LogP contribution < -0.4 is 10.5 Å². The van der Waals surface area contributed by atoms with E-state index >= 15 is 0 Å². The van der Waals surface area contributed by atoms with Crippen LogP contribution in [0.3, 0.4) is 0 Å². The Kier molecular flexibility index (Phi) is 5.02. The Morgan fingerprint density at radius 3 is 2.94 bits per heavy atom. The average molecular weight is 249 g/mol. The second kappa shape index (κ2) is 6.76. The number of hydrogen-bond acceptors (Lipinski definition) is 3. The van der Waals surface area contributed by atoms with Crippen molar-refractivity contribution in [2.75, 3.05) is 20.3 Å². The number of benzene rings is 1. The molecule has 1 aliphatic carbocycles. The molecule has 0 spiro atoms. The van der Waals surface area contributed by atoms with Crippen LogP contribution in [0, 0.1) is 0 Å². The maximum Gasteiger partial charge on any atom is 0.119 e. The minimum atomic E-state index is 0.186. The van der Waals surface area contributed by atoms with Crippen molar-refractivity contribution in [2.45, 2.75) is 38.1 Å². The topological polar surface area (TPSA) is 44.5 Å². The van der Waals surface area contributed by atoms with Gasteiger partial charge in [-0.2, -0.15) is 0 Å². The van der Waals surface area contributed by atoms with Gasteiger partial charge in [-0.25, -0.2) is 0 Å². The molecule has 1 aromatic rings. The standard InChI is InChI=1S/C15H23NO2/c1-17-9-2-3-10-18-13-8-7-12-5-4-6-15(16)14(12)11-13/h7-8,11,15H,2-6,9-10,16H2,1H3/t15-/m0/s1. The van der Waals surface area contributed by atoms with Crippen LogP contribution in [0.25, 0.3) is 0 Å². The lowest BCUT2D eigenvalue weighted by Gasteiger charge is -2.22. The van der Waals surface area contributed by atoms with E-state index in [0.717, 1.165) is 44.6 Å². The summed E-state index contributed by atoms with van der Waals surface area (Å²) in [5, 5.41) is 0. The van der Waals surface area contributed by atoms with Gasteiger partial charge in [-0.05, 0) is 55.4 Å². The number of rotatable bonds is 6. The summed E-state index contributed by atoms with van der Waals surface area (Å²) >= 11 is 0. The summed E-state index contributed by atoms with van der Waals surface area (Å²) < 4.78 is 10.8. The highest BCUT2D eigenvalue weighted by Gasteiger charge is 2.17. The van der Waals surface area contributed by atoms with Crippen molar-refractivity contribution in [3.8, 4) is 5.75 Å². The Hall–Kier alpha value is -1.06. The third-order valence-corrected chi connectivity index (χ3v) is 3.49. The van der Waals surface area contributed by atoms with Crippen molar-refractivity contribution in [1.29, 1.82) is 0 Å². The van der Waals surface area contributed by atoms with Crippen LogP contribution in [0.15, 0.2) is 18.2 Å². The second-order valence-corrected chi connectivity index (χ2v) is 4.91. The zero-order chi connectivity index (χ0) is 12.8. The van der Waals surface area contributed by atoms with Gasteiger partial charge in [-0.15, -0.1) is 0 Å². The Morgan fingerprint density at radius 2 is 2.11 bits per heavy atom. The quantitative estimate of drug-likeness (QED) is 0.788. The molecule has 0 fully saturated rings. The fourth-order valence-corrected chi connectivity index (χ4v) is 2.44. The van der Waals surface area contributed by atoms with Gasteiger partial charge in [0.15, 0.2) is 0 Å². The van der Waals surface area contributed by atoms with Gasteiger partial charge in [0.25, 0.3) is 0 Å². The summed E-state index contributed by atoms with van der Waals surface area (Å²) in [6.45, 7) is 1.55. The van der Waals surface area contributed by atoms with Crippen LogP contribution in [0.1, 0.15) is 42.9 Å². The molecule has 0 unspecified atom stereocenters. The molecule has 0 amide bonds. The Morgan fingerprint density at radius 1 is 1.28 bits per heavy atom. The van der Waals surface area contributed by atoms with Gasteiger partial charge in [-0.3, -0.25) is 0 Å². The highest BCUT2D eigenvalue weighted by atomic mass is 16.5. The molecule has 0 radical (unpaired) electrons. The molecule has 1 aliphatic rings. The van der Waals surface area contributed by atoms with Crippen LogP contribution in [-0.2, 0) is 11.2 Å². The number of methoxy groups -OCH3 is 1. The van der Waals surface area contributed by atoms with Crippen molar-refractivity contribution >= 4 is 0 Å². The zero-order valence-corrected chi connectivity index (χ0v) is 11.2. The zero-order valence-electron chi connectivity index (χ0n) is 11.2. The maximum absolute atomic E-state index is 6.14. The molecule has 0 saturated heterocycles. The number of unbranched alkanes of at least 4 members (excludes halogenated alkanes) is 1. The molecule has 1 aromatic carbocycles. The Bertz CT molecular complexity index is 379. The lowest BCUT2D eigenvalue weighted by atomic mass is 9.88. The molecule has 3 nitrogen and oxygen atoms in total. The summed E-state index contributed by atoms with van der Waals surface area (Å²) in [4.78, 5) is 0. The molecule has 0 heterocycles. The van der Waals surface area contributed by atoms with E-state index in [1.807, 2.05) is 0 Å². The van der Waals surface area contributed by atoms with Crippen LogP contribution in [0.4, 0.5) is 0 Å². The van der Waals surface area contributed by atoms with E-state index in [1.165, 1.54) is 17.5 Å². The third-order valence-electron chi connectivity index (χ3n) is 3.49. The number of hydrogen-bond donors (Lipinski definition) is 1. The van der Waals surface area contributed by atoms with Gasteiger partial charge >= 0.3 is 0 Å². The molecule has 0 aromatic heterocycles. The number of ether oxygens (including phenoxy) is 2.